The van der Waals surface area contributed by atoms with E-state index in [0.29, 0.717) is 23.2 Å². The van der Waals surface area contributed by atoms with Gasteiger partial charge in [0.15, 0.2) is 6.10 Å². The summed E-state index contributed by atoms with van der Waals surface area (Å²) in [6.45, 7) is 7.79. The van der Waals surface area contributed by atoms with Crippen molar-refractivity contribution in [3.63, 3.8) is 0 Å². The van der Waals surface area contributed by atoms with Gasteiger partial charge in [0.25, 0.3) is 11.8 Å². The van der Waals surface area contributed by atoms with Gasteiger partial charge >= 0.3 is 0 Å². The van der Waals surface area contributed by atoms with Gasteiger partial charge in [0.05, 0.1) is 5.56 Å². The van der Waals surface area contributed by atoms with E-state index in [9.17, 15) is 14.7 Å². The maximum Gasteiger partial charge on any atom is 0.257 e. The van der Waals surface area contributed by atoms with E-state index in [0.717, 1.165) is 28.7 Å². The summed E-state index contributed by atoms with van der Waals surface area (Å²) < 4.78 is 0. The molecule has 0 aliphatic carbocycles. The van der Waals surface area contributed by atoms with E-state index < -0.39 is 12.0 Å². The van der Waals surface area contributed by atoms with Crippen LogP contribution in [-0.2, 0) is 17.6 Å². The van der Waals surface area contributed by atoms with Gasteiger partial charge in [0, 0.05) is 23.5 Å². The number of nitrogen functional groups attached to an aromatic ring is 1. The third-order valence-corrected chi connectivity index (χ3v) is 5.57. The summed E-state index contributed by atoms with van der Waals surface area (Å²) in [5.74, 6) is -0.597. The van der Waals surface area contributed by atoms with Crippen molar-refractivity contribution in [3.05, 3.63) is 77.0 Å². The summed E-state index contributed by atoms with van der Waals surface area (Å²) in [7, 11) is 0. The SMILES string of the molecule is CCc1cccc([C@@H](O)C(=O)Nc2ccc(-c3cnc(N)c(C(=O)NC(C)C)c3)c(CC)c2)c1. The molecule has 7 heteroatoms. The van der Waals surface area contributed by atoms with E-state index in [-0.39, 0.29) is 17.8 Å². The van der Waals surface area contributed by atoms with Crippen molar-refractivity contribution in [2.24, 2.45) is 0 Å². The standard InChI is InChI=1S/C27H32N4O3/c1-5-17-8-7-9-19(12-17)24(32)27(34)31-21-10-11-22(18(6-2)13-21)20-14-23(25(28)29-15-20)26(33)30-16(3)4/h7-16,24,32H,5-6H2,1-4H3,(H2,28,29)(H,30,33)(H,31,34)/t24-/m1/s1. The number of aliphatic hydroxyl groups is 1. The zero-order chi connectivity index (χ0) is 24.8. The van der Waals surface area contributed by atoms with Crippen molar-refractivity contribution in [2.75, 3.05) is 11.1 Å². The predicted octanol–water partition coefficient (Wildman–Crippen LogP) is 4.27. The minimum absolute atomic E-state index is 0.0237. The Bertz CT molecular complexity index is 1190. The second kappa shape index (κ2) is 10.9. The molecule has 34 heavy (non-hydrogen) atoms. The lowest BCUT2D eigenvalue weighted by molar-refractivity contribution is -0.124. The molecule has 1 heterocycles. The molecule has 0 saturated heterocycles. The number of aromatic nitrogens is 1. The number of nitrogens with two attached hydrogens (primary N) is 1. The highest BCUT2D eigenvalue weighted by Crippen LogP contribution is 2.29. The molecule has 0 radical (unpaired) electrons. The Kier molecular flexibility index (Phi) is 8.02. The van der Waals surface area contributed by atoms with Crippen LogP contribution in [0.2, 0.25) is 0 Å². The topological polar surface area (TPSA) is 117 Å². The van der Waals surface area contributed by atoms with E-state index >= 15 is 0 Å². The first-order chi connectivity index (χ1) is 16.2. The molecule has 3 rings (SSSR count). The van der Waals surface area contributed by atoms with Crippen LogP contribution >= 0.6 is 0 Å². The summed E-state index contributed by atoms with van der Waals surface area (Å²) in [5.41, 5.74) is 11.1. The fourth-order valence-corrected chi connectivity index (χ4v) is 3.74. The molecule has 1 aromatic heterocycles. The second-order valence-electron chi connectivity index (χ2n) is 8.50. The van der Waals surface area contributed by atoms with Crippen LogP contribution in [0.1, 0.15) is 60.8 Å². The molecule has 0 aliphatic heterocycles. The molecule has 0 spiro atoms. The Hall–Kier alpha value is -3.71. The van der Waals surface area contributed by atoms with Crippen LogP contribution < -0.4 is 16.4 Å². The van der Waals surface area contributed by atoms with Gasteiger partial charge in [0.2, 0.25) is 0 Å². The molecule has 2 aromatic carbocycles. The lowest BCUT2D eigenvalue weighted by Gasteiger charge is -2.16. The molecule has 2 amide bonds. The predicted molar refractivity (Wildman–Crippen MR) is 135 cm³/mol. The number of benzene rings is 2. The third-order valence-electron chi connectivity index (χ3n) is 5.57. The molecule has 0 unspecified atom stereocenters. The normalized spacial score (nSPS) is 11.8. The van der Waals surface area contributed by atoms with Gasteiger partial charge in [-0.1, -0.05) is 44.2 Å². The van der Waals surface area contributed by atoms with Gasteiger partial charge in [0.1, 0.15) is 5.82 Å². The van der Waals surface area contributed by atoms with E-state index in [2.05, 4.69) is 15.6 Å². The van der Waals surface area contributed by atoms with Crippen LogP contribution in [0.15, 0.2) is 54.7 Å². The Labute approximate surface area is 200 Å². The summed E-state index contributed by atoms with van der Waals surface area (Å²) in [6, 6.07) is 14.6. The van der Waals surface area contributed by atoms with E-state index in [1.807, 2.05) is 58.0 Å². The fraction of sp³-hybridized carbons (Fsp3) is 0.296. The maximum absolute atomic E-state index is 12.7. The lowest BCUT2D eigenvalue weighted by atomic mass is 9.97. The minimum atomic E-state index is -1.26. The van der Waals surface area contributed by atoms with Crippen LogP contribution in [0.5, 0.6) is 0 Å². The highest BCUT2D eigenvalue weighted by atomic mass is 16.3. The monoisotopic (exact) mass is 460 g/mol. The number of hydrogen-bond donors (Lipinski definition) is 4. The van der Waals surface area contributed by atoms with Crippen LogP contribution in [0, 0.1) is 0 Å². The number of carbonyl (C=O) groups is 2. The number of nitrogens with zero attached hydrogens (tertiary/aromatic N) is 1. The van der Waals surface area contributed by atoms with Crippen LogP contribution in [0.25, 0.3) is 11.1 Å². The molecular formula is C27H32N4O3. The van der Waals surface area contributed by atoms with E-state index in [1.165, 1.54) is 0 Å². The van der Waals surface area contributed by atoms with Crippen LogP contribution in [-0.4, -0.2) is 27.9 Å². The number of carbonyl (C=O) groups excluding carboxylic acids is 2. The van der Waals surface area contributed by atoms with Gasteiger partial charge in [-0.05, 0) is 67.1 Å². The number of rotatable bonds is 8. The highest BCUT2D eigenvalue weighted by molar-refractivity contribution is 6.00. The number of anilines is 2. The van der Waals surface area contributed by atoms with Crippen LogP contribution in [0.4, 0.5) is 11.5 Å². The summed E-state index contributed by atoms with van der Waals surface area (Å²) in [4.78, 5) is 29.4. The molecule has 7 nitrogen and oxygen atoms in total. The number of pyridine rings is 1. The zero-order valence-corrected chi connectivity index (χ0v) is 20.1. The summed E-state index contributed by atoms with van der Waals surface area (Å²) >= 11 is 0. The molecule has 0 fully saturated rings. The molecule has 178 valence electrons. The van der Waals surface area contributed by atoms with Crippen molar-refractivity contribution < 1.29 is 14.7 Å². The average molecular weight is 461 g/mol. The van der Waals surface area contributed by atoms with Crippen molar-refractivity contribution in [1.82, 2.24) is 10.3 Å². The Morgan fingerprint density at radius 1 is 1.06 bits per heavy atom. The van der Waals surface area contributed by atoms with Gasteiger partial charge < -0.3 is 21.5 Å². The first-order valence-electron chi connectivity index (χ1n) is 11.5. The average Bonchev–Trinajstić information content (AvgIpc) is 2.83. The summed E-state index contributed by atoms with van der Waals surface area (Å²) in [5, 5.41) is 16.2. The lowest BCUT2D eigenvalue weighted by Crippen LogP contribution is -2.30. The summed E-state index contributed by atoms with van der Waals surface area (Å²) in [6.07, 6.45) is 1.89. The third kappa shape index (κ3) is 5.80. The number of aryl methyl sites for hydroxylation is 2. The van der Waals surface area contributed by atoms with Gasteiger partial charge in [-0.25, -0.2) is 4.98 Å². The minimum Gasteiger partial charge on any atom is -0.383 e. The first-order valence-corrected chi connectivity index (χ1v) is 11.5. The smallest absolute Gasteiger partial charge is 0.257 e. The molecule has 0 saturated carbocycles. The second-order valence-corrected chi connectivity index (χ2v) is 8.50. The maximum atomic E-state index is 12.7. The van der Waals surface area contributed by atoms with Crippen LogP contribution in [0.3, 0.4) is 0 Å². The van der Waals surface area contributed by atoms with Gasteiger partial charge in [-0.2, -0.15) is 0 Å². The molecule has 0 aliphatic rings. The van der Waals surface area contributed by atoms with Gasteiger partial charge in [-0.3, -0.25) is 9.59 Å². The van der Waals surface area contributed by atoms with E-state index in [4.69, 9.17) is 5.73 Å². The number of hydrogen-bond acceptors (Lipinski definition) is 5. The van der Waals surface area contributed by atoms with Crippen molar-refractivity contribution in [3.8, 4) is 11.1 Å². The number of amides is 2. The quantitative estimate of drug-likeness (QED) is 0.401. The van der Waals surface area contributed by atoms with Crippen molar-refractivity contribution in [2.45, 2.75) is 52.7 Å². The molecule has 3 aromatic rings. The molecule has 0 bridgehead atoms. The number of aliphatic hydroxyl groups excluding tert-OH is 1. The van der Waals surface area contributed by atoms with Gasteiger partial charge in [-0.15, -0.1) is 0 Å². The Balaban J connectivity index is 1.85. The van der Waals surface area contributed by atoms with E-state index in [1.54, 1.807) is 24.4 Å². The Morgan fingerprint density at radius 2 is 1.82 bits per heavy atom. The first kappa shape index (κ1) is 24.9. The van der Waals surface area contributed by atoms with Crippen molar-refractivity contribution in [1.29, 1.82) is 0 Å². The van der Waals surface area contributed by atoms with Crippen molar-refractivity contribution >= 4 is 23.3 Å². The Morgan fingerprint density at radius 3 is 2.50 bits per heavy atom. The highest BCUT2D eigenvalue weighted by Gasteiger charge is 2.19. The zero-order valence-electron chi connectivity index (χ0n) is 20.1. The molecular weight excluding hydrogens is 428 g/mol. The largest absolute Gasteiger partial charge is 0.383 e. The molecule has 1 atom stereocenters. The number of nitrogens with one attached hydrogen (secondary N) is 2. The molecule has 5 N–H and O–H groups in total. The fourth-order valence-electron chi connectivity index (χ4n) is 3.74.